The first-order valence-corrected chi connectivity index (χ1v) is 11.7. The van der Waals surface area contributed by atoms with Crippen molar-refractivity contribution in [3.63, 3.8) is 0 Å². The van der Waals surface area contributed by atoms with Crippen LogP contribution in [0.15, 0.2) is 77.3 Å². The van der Waals surface area contributed by atoms with Gasteiger partial charge in [-0.25, -0.2) is 0 Å². The summed E-state index contributed by atoms with van der Waals surface area (Å²) in [5, 5.41) is 5.83. The molecular formula is C25H25BrN2O5S. The molecule has 0 aliphatic rings. The molecule has 0 saturated carbocycles. The molecule has 3 aromatic rings. The van der Waals surface area contributed by atoms with Crippen LogP contribution < -0.4 is 24.8 Å². The van der Waals surface area contributed by atoms with E-state index in [1.165, 1.54) is 0 Å². The minimum atomic E-state index is -0.402. The number of thiocarbonyl (C=S) groups is 1. The quantitative estimate of drug-likeness (QED) is 0.258. The predicted molar refractivity (Wildman–Crippen MR) is 139 cm³/mol. The SMILES string of the molecule is COCCOc1ccc(Br)cc1C(=O)NC(=S)Nc1ccccc1OCCOc1ccccc1. The van der Waals surface area contributed by atoms with Crippen LogP contribution in [0.3, 0.4) is 0 Å². The Kier molecular flexibility index (Phi) is 10.1. The molecule has 0 bridgehead atoms. The summed E-state index contributed by atoms with van der Waals surface area (Å²) in [6.07, 6.45) is 0. The molecule has 178 valence electrons. The number of carbonyl (C=O) groups is 1. The summed E-state index contributed by atoms with van der Waals surface area (Å²) >= 11 is 8.74. The number of ether oxygens (including phenoxy) is 4. The van der Waals surface area contributed by atoms with Crippen LogP contribution in [0.1, 0.15) is 10.4 Å². The fraction of sp³-hybridized carbons (Fsp3) is 0.200. The predicted octanol–water partition coefficient (Wildman–Crippen LogP) is 5.06. The number of hydrogen-bond acceptors (Lipinski definition) is 6. The highest BCUT2D eigenvalue weighted by Gasteiger charge is 2.16. The van der Waals surface area contributed by atoms with E-state index in [1.807, 2.05) is 54.6 Å². The van der Waals surface area contributed by atoms with Crippen LogP contribution in [0.4, 0.5) is 5.69 Å². The molecule has 1 amide bonds. The van der Waals surface area contributed by atoms with E-state index in [0.29, 0.717) is 49.2 Å². The van der Waals surface area contributed by atoms with Gasteiger partial charge in [0, 0.05) is 11.6 Å². The van der Waals surface area contributed by atoms with Crippen LogP contribution in [-0.4, -0.2) is 44.6 Å². The standard InChI is InChI=1S/C25H25BrN2O5S/c1-30-13-14-32-22-12-11-18(26)17-20(22)24(29)28-25(34)27-21-9-5-6-10-23(21)33-16-15-31-19-7-3-2-4-8-19/h2-12,17H,13-16H2,1H3,(H2,27,28,29,34). The fourth-order valence-electron chi connectivity index (χ4n) is 2.89. The second-order valence-corrected chi connectivity index (χ2v) is 8.22. The van der Waals surface area contributed by atoms with Gasteiger partial charge in [0.15, 0.2) is 5.11 Å². The van der Waals surface area contributed by atoms with Crippen molar-refractivity contribution >= 4 is 44.9 Å². The molecule has 3 rings (SSSR count). The summed E-state index contributed by atoms with van der Waals surface area (Å²) in [5.74, 6) is 1.39. The van der Waals surface area contributed by atoms with E-state index >= 15 is 0 Å². The molecule has 0 unspecified atom stereocenters. The van der Waals surface area contributed by atoms with Crippen molar-refractivity contribution in [2.24, 2.45) is 0 Å². The van der Waals surface area contributed by atoms with Gasteiger partial charge in [-0.05, 0) is 54.7 Å². The Bertz CT molecular complexity index is 1100. The highest BCUT2D eigenvalue weighted by molar-refractivity contribution is 9.10. The van der Waals surface area contributed by atoms with Crippen molar-refractivity contribution in [2.45, 2.75) is 0 Å². The molecule has 0 spiro atoms. The van der Waals surface area contributed by atoms with Gasteiger partial charge in [0.2, 0.25) is 0 Å². The number of methoxy groups -OCH3 is 1. The van der Waals surface area contributed by atoms with Gasteiger partial charge >= 0.3 is 0 Å². The topological polar surface area (TPSA) is 78.1 Å². The number of para-hydroxylation sites is 3. The first-order chi connectivity index (χ1) is 16.6. The van der Waals surface area contributed by atoms with E-state index in [1.54, 1.807) is 25.3 Å². The smallest absolute Gasteiger partial charge is 0.261 e. The zero-order valence-electron chi connectivity index (χ0n) is 18.6. The van der Waals surface area contributed by atoms with Crippen LogP contribution in [0.2, 0.25) is 0 Å². The van der Waals surface area contributed by atoms with Crippen LogP contribution in [0.5, 0.6) is 17.2 Å². The van der Waals surface area contributed by atoms with Crippen molar-refractivity contribution in [1.82, 2.24) is 5.32 Å². The molecule has 0 aliphatic heterocycles. The molecular weight excluding hydrogens is 520 g/mol. The van der Waals surface area contributed by atoms with E-state index in [9.17, 15) is 4.79 Å². The lowest BCUT2D eigenvalue weighted by atomic mass is 10.2. The van der Waals surface area contributed by atoms with Gasteiger partial charge in [-0.2, -0.15) is 0 Å². The second-order valence-electron chi connectivity index (χ2n) is 6.90. The summed E-state index contributed by atoms with van der Waals surface area (Å²) < 4.78 is 22.9. The van der Waals surface area contributed by atoms with E-state index < -0.39 is 5.91 Å². The molecule has 0 radical (unpaired) electrons. The molecule has 0 fully saturated rings. The zero-order chi connectivity index (χ0) is 24.2. The molecule has 0 aliphatic carbocycles. The summed E-state index contributed by atoms with van der Waals surface area (Å²) in [5.41, 5.74) is 0.968. The molecule has 34 heavy (non-hydrogen) atoms. The lowest BCUT2D eigenvalue weighted by Gasteiger charge is -2.16. The summed E-state index contributed by atoms with van der Waals surface area (Å²) in [6.45, 7) is 1.45. The van der Waals surface area contributed by atoms with E-state index in [2.05, 4.69) is 26.6 Å². The minimum absolute atomic E-state index is 0.129. The highest BCUT2D eigenvalue weighted by atomic mass is 79.9. The van der Waals surface area contributed by atoms with E-state index in [-0.39, 0.29) is 5.11 Å². The monoisotopic (exact) mass is 544 g/mol. The molecule has 0 aromatic heterocycles. The average Bonchev–Trinajstić information content (AvgIpc) is 2.84. The molecule has 3 aromatic carbocycles. The number of rotatable bonds is 11. The van der Waals surface area contributed by atoms with Crippen molar-refractivity contribution in [2.75, 3.05) is 38.9 Å². The maximum atomic E-state index is 12.9. The molecule has 0 heterocycles. The summed E-state index contributed by atoms with van der Waals surface area (Å²) in [6, 6.07) is 22.0. The Labute approximate surface area is 212 Å². The van der Waals surface area contributed by atoms with E-state index in [0.717, 1.165) is 10.2 Å². The molecule has 7 nitrogen and oxygen atoms in total. The van der Waals surface area contributed by atoms with Gasteiger partial charge in [0.25, 0.3) is 5.91 Å². The first kappa shape index (κ1) is 25.5. The number of hydrogen-bond donors (Lipinski definition) is 2. The van der Waals surface area contributed by atoms with Gasteiger partial charge in [0.05, 0.1) is 17.9 Å². The van der Waals surface area contributed by atoms with Crippen molar-refractivity contribution in [3.05, 3.63) is 82.8 Å². The summed E-state index contributed by atoms with van der Waals surface area (Å²) in [4.78, 5) is 12.9. The molecule has 9 heteroatoms. The fourth-order valence-corrected chi connectivity index (χ4v) is 3.45. The van der Waals surface area contributed by atoms with E-state index in [4.69, 9.17) is 31.2 Å². The number of carbonyl (C=O) groups excluding carboxylic acids is 1. The van der Waals surface area contributed by atoms with Crippen molar-refractivity contribution in [1.29, 1.82) is 0 Å². The third kappa shape index (κ3) is 8.02. The van der Waals surface area contributed by atoms with Gasteiger partial charge in [-0.15, -0.1) is 0 Å². The zero-order valence-corrected chi connectivity index (χ0v) is 21.0. The number of benzene rings is 3. The third-order valence-corrected chi connectivity index (χ3v) is 5.14. The first-order valence-electron chi connectivity index (χ1n) is 10.5. The minimum Gasteiger partial charge on any atom is -0.490 e. The molecule has 2 N–H and O–H groups in total. The van der Waals surface area contributed by atoms with Crippen molar-refractivity contribution < 1.29 is 23.7 Å². The average molecular weight is 545 g/mol. The van der Waals surface area contributed by atoms with Crippen LogP contribution >= 0.6 is 28.1 Å². The number of anilines is 1. The van der Waals surface area contributed by atoms with Crippen molar-refractivity contribution in [3.8, 4) is 17.2 Å². The number of halogens is 1. The van der Waals surface area contributed by atoms with Crippen LogP contribution in [0.25, 0.3) is 0 Å². The second kappa shape index (κ2) is 13.5. The Morgan fingerprint density at radius 3 is 2.32 bits per heavy atom. The molecule has 0 saturated heterocycles. The normalized spacial score (nSPS) is 10.3. The van der Waals surface area contributed by atoms with Gasteiger partial charge in [0.1, 0.15) is 37.1 Å². The number of nitrogens with one attached hydrogen (secondary N) is 2. The largest absolute Gasteiger partial charge is 0.490 e. The lowest BCUT2D eigenvalue weighted by molar-refractivity contribution is 0.0969. The Morgan fingerprint density at radius 2 is 1.53 bits per heavy atom. The van der Waals surface area contributed by atoms with Gasteiger partial charge in [-0.3, -0.25) is 10.1 Å². The highest BCUT2D eigenvalue weighted by Crippen LogP contribution is 2.25. The Morgan fingerprint density at radius 1 is 0.853 bits per heavy atom. The Hall–Kier alpha value is -3.14. The number of amides is 1. The lowest BCUT2D eigenvalue weighted by Crippen LogP contribution is -2.34. The Balaban J connectivity index is 1.57. The van der Waals surface area contributed by atoms with Gasteiger partial charge < -0.3 is 24.3 Å². The van der Waals surface area contributed by atoms with Gasteiger partial charge in [-0.1, -0.05) is 46.3 Å². The van der Waals surface area contributed by atoms with Crippen LogP contribution in [0, 0.1) is 0 Å². The maximum Gasteiger partial charge on any atom is 0.261 e. The summed E-state index contributed by atoms with van der Waals surface area (Å²) in [7, 11) is 1.58. The maximum absolute atomic E-state index is 12.9. The molecule has 0 atom stereocenters. The third-order valence-electron chi connectivity index (χ3n) is 4.45. The van der Waals surface area contributed by atoms with Crippen LogP contribution in [-0.2, 0) is 4.74 Å².